The van der Waals surface area contributed by atoms with E-state index in [4.69, 9.17) is 0 Å². The molecule has 2 heterocycles. The van der Waals surface area contributed by atoms with Crippen molar-refractivity contribution in [3.63, 3.8) is 0 Å². The molecule has 1 aliphatic rings. The third-order valence-electron chi connectivity index (χ3n) is 3.02. The van der Waals surface area contributed by atoms with Crippen molar-refractivity contribution < 1.29 is 4.79 Å². The van der Waals surface area contributed by atoms with Gasteiger partial charge in [0.15, 0.2) is 0 Å². The highest BCUT2D eigenvalue weighted by atomic mass is 79.9. The molecule has 1 aromatic heterocycles. The molecule has 0 fully saturated rings. The summed E-state index contributed by atoms with van der Waals surface area (Å²) in [6, 6.07) is 9.70. The summed E-state index contributed by atoms with van der Waals surface area (Å²) < 4.78 is 0.988. The SMILES string of the molecule is Cc1nc(Nc2ccc3c(c2)CC(=O)N3)ccc1Br. The van der Waals surface area contributed by atoms with E-state index in [0.717, 1.165) is 32.9 Å². The lowest BCUT2D eigenvalue weighted by Crippen LogP contribution is -2.03. The van der Waals surface area contributed by atoms with Crippen molar-refractivity contribution in [3.05, 3.63) is 46.1 Å². The Hall–Kier alpha value is -1.88. The van der Waals surface area contributed by atoms with Gasteiger partial charge in [-0.25, -0.2) is 4.98 Å². The predicted molar refractivity (Wildman–Crippen MR) is 78.7 cm³/mol. The third-order valence-corrected chi connectivity index (χ3v) is 3.86. The van der Waals surface area contributed by atoms with Crippen LogP contribution in [0.5, 0.6) is 0 Å². The van der Waals surface area contributed by atoms with Gasteiger partial charge >= 0.3 is 0 Å². The summed E-state index contributed by atoms with van der Waals surface area (Å²) in [4.78, 5) is 15.7. The molecular formula is C14H12BrN3O. The van der Waals surface area contributed by atoms with Crippen molar-refractivity contribution in [2.24, 2.45) is 0 Å². The van der Waals surface area contributed by atoms with Crippen LogP contribution in [-0.2, 0) is 11.2 Å². The molecule has 0 unspecified atom stereocenters. The fourth-order valence-corrected chi connectivity index (χ4v) is 2.29. The molecule has 0 bridgehead atoms. The molecule has 1 amide bonds. The second-order valence-electron chi connectivity index (χ2n) is 4.49. The number of aromatic nitrogens is 1. The van der Waals surface area contributed by atoms with Gasteiger partial charge < -0.3 is 10.6 Å². The van der Waals surface area contributed by atoms with Crippen LogP contribution >= 0.6 is 15.9 Å². The maximum absolute atomic E-state index is 11.3. The average molecular weight is 318 g/mol. The van der Waals surface area contributed by atoms with Crippen LogP contribution in [0.1, 0.15) is 11.3 Å². The van der Waals surface area contributed by atoms with E-state index in [2.05, 4.69) is 31.5 Å². The average Bonchev–Trinajstić information content (AvgIpc) is 2.73. The molecule has 2 N–H and O–H groups in total. The highest BCUT2D eigenvalue weighted by Crippen LogP contribution is 2.27. The molecule has 1 aromatic carbocycles. The number of benzene rings is 1. The van der Waals surface area contributed by atoms with Crippen molar-refractivity contribution in [2.75, 3.05) is 10.6 Å². The Balaban J connectivity index is 1.86. The van der Waals surface area contributed by atoms with Gasteiger partial charge in [0.25, 0.3) is 0 Å². The molecule has 0 saturated heterocycles. The zero-order valence-corrected chi connectivity index (χ0v) is 11.9. The summed E-state index contributed by atoms with van der Waals surface area (Å²) in [5.74, 6) is 0.836. The van der Waals surface area contributed by atoms with Crippen LogP contribution in [0.2, 0.25) is 0 Å². The molecule has 0 atom stereocenters. The predicted octanol–water partition coefficient (Wildman–Crippen LogP) is 3.39. The molecule has 19 heavy (non-hydrogen) atoms. The smallest absolute Gasteiger partial charge is 0.228 e. The van der Waals surface area contributed by atoms with E-state index in [-0.39, 0.29) is 5.91 Å². The van der Waals surface area contributed by atoms with E-state index >= 15 is 0 Å². The van der Waals surface area contributed by atoms with Gasteiger partial charge in [0.1, 0.15) is 5.82 Å². The Labute approximate surface area is 119 Å². The van der Waals surface area contributed by atoms with Crippen molar-refractivity contribution in [1.82, 2.24) is 4.98 Å². The molecule has 3 rings (SSSR count). The Morgan fingerprint density at radius 3 is 2.95 bits per heavy atom. The second kappa shape index (κ2) is 4.66. The maximum atomic E-state index is 11.3. The number of hydrogen-bond acceptors (Lipinski definition) is 3. The molecule has 96 valence electrons. The van der Waals surface area contributed by atoms with E-state index in [9.17, 15) is 4.79 Å². The van der Waals surface area contributed by atoms with Gasteiger partial charge in [-0.1, -0.05) is 0 Å². The summed E-state index contributed by atoms with van der Waals surface area (Å²) in [7, 11) is 0. The largest absolute Gasteiger partial charge is 0.340 e. The summed E-state index contributed by atoms with van der Waals surface area (Å²) >= 11 is 3.43. The molecule has 4 nitrogen and oxygen atoms in total. The third kappa shape index (κ3) is 2.46. The topological polar surface area (TPSA) is 54.0 Å². The van der Waals surface area contributed by atoms with Crippen LogP contribution < -0.4 is 10.6 Å². The molecular weight excluding hydrogens is 306 g/mol. The molecule has 0 saturated carbocycles. The minimum absolute atomic E-state index is 0.0461. The van der Waals surface area contributed by atoms with Gasteiger partial charge in [-0.05, 0) is 58.7 Å². The standard InChI is InChI=1S/C14H12BrN3O/c1-8-11(15)3-5-13(16-8)17-10-2-4-12-9(6-10)7-14(19)18-12/h2-6H,7H2,1H3,(H,16,17)(H,18,19). The molecule has 1 aliphatic heterocycles. The lowest BCUT2D eigenvalue weighted by Gasteiger charge is -2.08. The van der Waals surface area contributed by atoms with E-state index in [1.807, 2.05) is 37.3 Å². The number of amides is 1. The first-order chi connectivity index (χ1) is 9.11. The summed E-state index contributed by atoms with van der Waals surface area (Å²) in [6.45, 7) is 1.94. The van der Waals surface area contributed by atoms with Crippen LogP contribution in [0.3, 0.4) is 0 Å². The monoisotopic (exact) mass is 317 g/mol. The Morgan fingerprint density at radius 2 is 2.16 bits per heavy atom. The van der Waals surface area contributed by atoms with Crippen molar-refractivity contribution >= 4 is 39.0 Å². The number of carbonyl (C=O) groups excluding carboxylic acids is 1. The number of halogens is 1. The van der Waals surface area contributed by atoms with Crippen LogP contribution in [0.15, 0.2) is 34.8 Å². The first-order valence-corrected chi connectivity index (χ1v) is 6.74. The van der Waals surface area contributed by atoms with E-state index < -0.39 is 0 Å². The van der Waals surface area contributed by atoms with Crippen LogP contribution in [0, 0.1) is 6.92 Å². The number of nitrogens with zero attached hydrogens (tertiary/aromatic N) is 1. The first kappa shape index (κ1) is 12.2. The van der Waals surface area contributed by atoms with E-state index in [1.165, 1.54) is 0 Å². The number of fused-ring (bicyclic) bond motifs is 1. The van der Waals surface area contributed by atoms with Crippen LogP contribution in [-0.4, -0.2) is 10.9 Å². The Morgan fingerprint density at radius 1 is 1.32 bits per heavy atom. The van der Waals surface area contributed by atoms with Gasteiger partial charge in [0, 0.05) is 15.8 Å². The zero-order chi connectivity index (χ0) is 13.4. The number of pyridine rings is 1. The van der Waals surface area contributed by atoms with Gasteiger partial charge in [-0.2, -0.15) is 0 Å². The lowest BCUT2D eigenvalue weighted by atomic mass is 10.1. The molecule has 2 aromatic rings. The minimum atomic E-state index is 0.0461. The number of hydrogen-bond donors (Lipinski definition) is 2. The van der Waals surface area contributed by atoms with Gasteiger partial charge in [0.2, 0.25) is 5.91 Å². The highest BCUT2D eigenvalue weighted by molar-refractivity contribution is 9.10. The molecule has 5 heteroatoms. The molecule has 0 radical (unpaired) electrons. The van der Waals surface area contributed by atoms with Gasteiger partial charge in [-0.3, -0.25) is 4.79 Å². The van der Waals surface area contributed by atoms with E-state index in [0.29, 0.717) is 6.42 Å². The molecule has 0 aliphatic carbocycles. The fourth-order valence-electron chi connectivity index (χ4n) is 2.07. The van der Waals surface area contributed by atoms with Crippen LogP contribution in [0.4, 0.5) is 17.2 Å². The zero-order valence-electron chi connectivity index (χ0n) is 10.3. The normalized spacial score (nSPS) is 13.1. The number of nitrogens with one attached hydrogen (secondary N) is 2. The minimum Gasteiger partial charge on any atom is -0.340 e. The first-order valence-electron chi connectivity index (χ1n) is 5.95. The fraction of sp³-hybridized carbons (Fsp3) is 0.143. The Bertz CT molecular complexity index is 670. The number of carbonyl (C=O) groups is 1. The maximum Gasteiger partial charge on any atom is 0.228 e. The summed E-state index contributed by atoms with van der Waals surface area (Å²) in [5.41, 5.74) is 3.78. The van der Waals surface area contributed by atoms with Gasteiger partial charge in [0.05, 0.1) is 12.1 Å². The quantitative estimate of drug-likeness (QED) is 0.892. The van der Waals surface area contributed by atoms with Crippen molar-refractivity contribution in [1.29, 1.82) is 0 Å². The Kier molecular flexibility index (Phi) is 2.98. The number of aryl methyl sites for hydroxylation is 1. The highest BCUT2D eigenvalue weighted by Gasteiger charge is 2.17. The van der Waals surface area contributed by atoms with Crippen LogP contribution in [0.25, 0.3) is 0 Å². The number of rotatable bonds is 2. The second-order valence-corrected chi connectivity index (χ2v) is 5.34. The van der Waals surface area contributed by atoms with E-state index in [1.54, 1.807) is 0 Å². The van der Waals surface area contributed by atoms with Gasteiger partial charge in [-0.15, -0.1) is 0 Å². The lowest BCUT2D eigenvalue weighted by molar-refractivity contribution is -0.115. The van der Waals surface area contributed by atoms with Crippen molar-refractivity contribution in [3.8, 4) is 0 Å². The van der Waals surface area contributed by atoms with Crippen molar-refractivity contribution in [2.45, 2.75) is 13.3 Å². The summed E-state index contributed by atoms with van der Waals surface area (Å²) in [5, 5.41) is 6.06. The summed E-state index contributed by atoms with van der Waals surface area (Å²) in [6.07, 6.45) is 0.442. The number of anilines is 3. The molecule has 0 spiro atoms.